The SMILES string of the molecule is COCCCN(CC(=O)N1CCc2sccc2C1c1ccc(C)cc1)C(=O)c1cccc(C(F)(F)F)c1. The van der Waals surface area contributed by atoms with Gasteiger partial charge in [-0.05, 0) is 60.5 Å². The molecular formula is C28H29F3N2O3S. The van der Waals surface area contributed by atoms with Gasteiger partial charge in [0.15, 0.2) is 0 Å². The van der Waals surface area contributed by atoms with Crippen LogP contribution in [0.5, 0.6) is 0 Å². The lowest BCUT2D eigenvalue weighted by Gasteiger charge is -2.37. The number of alkyl halides is 3. The first kappa shape index (κ1) is 26.9. The summed E-state index contributed by atoms with van der Waals surface area (Å²) in [4.78, 5) is 31.4. The highest BCUT2D eigenvalue weighted by molar-refractivity contribution is 7.10. The van der Waals surface area contributed by atoms with Crippen molar-refractivity contribution >= 4 is 23.2 Å². The smallest absolute Gasteiger partial charge is 0.385 e. The van der Waals surface area contributed by atoms with Crippen LogP contribution in [0.2, 0.25) is 0 Å². The molecule has 1 aromatic heterocycles. The quantitative estimate of drug-likeness (QED) is 0.350. The van der Waals surface area contributed by atoms with Crippen LogP contribution >= 0.6 is 11.3 Å². The molecule has 4 rings (SSSR count). The number of benzene rings is 2. The van der Waals surface area contributed by atoms with Gasteiger partial charge in [0.05, 0.1) is 11.6 Å². The molecule has 2 aromatic carbocycles. The fourth-order valence-electron chi connectivity index (χ4n) is 4.61. The average molecular weight is 531 g/mol. The number of fused-ring (bicyclic) bond motifs is 1. The van der Waals surface area contributed by atoms with Gasteiger partial charge in [-0.1, -0.05) is 35.9 Å². The lowest BCUT2D eigenvalue weighted by molar-refractivity contribution is -0.137. The first-order valence-electron chi connectivity index (χ1n) is 12.1. The third-order valence-electron chi connectivity index (χ3n) is 6.51. The maximum atomic E-state index is 13.7. The van der Waals surface area contributed by atoms with E-state index in [-0.39, 0.29) is 30.6 Å². The summed E-state index contributed by atoms with van der Waals surface area (Å²) < 4.78 is 44.9. The van der Waals surface area contributed by atoms with Crippen molar-refractivity contribution in [3.05, 3.63) is 92.7 Å². The van der Waals surface area contributed by atoms with E-state index in [9.17, 15) is 22.8 Å². The predicted octanol–water partition coefficient (Wildman–Crippen LogP) is 5.73. The summed E-state index contributed by atoms with van der Waals surface area (Å²) in [6.07, 6.45) is -3.41. The molecule has 3 aromatic rings. The Morgan fingerprint density at radius 3 is 2.59 bits per heavy atom. The zero-order valence-corrected chi connectivity index (χ0v) is 21.6. The Morgan fingerprint density at radius 1 is 1.14 bits per heavy atom. The molecule has 37 heavy (non-hydrogen) atoms. The Hall–Kier alpha value is -3.17. The Labute approximate surface area is 218 Å². The van der Waals surface area contributed by atoms with Crippen LogP contribution in [0.25, 0.3) is 0 Å². The van der Waals surface area contributed by atoms with Crippen molar-refractivity contribution in [2.75, 3.05) is 33.4 Å². The molecule has 0 aliphatic carbocycles. The van der Waals surface area contributed by atoms with E-state index in [1.165, 1.54) is 29.0 Å². The molecule has 5 nitrogen and oxygen atoms in total. The number of carbonyl (C=O) groups is 2. The molecule has 0 bridgehead atoms. The van der Waals surface area contributed by atoms with Crippen molar-refractivity contribution in [3.8, 4) is 0 Å². The number of methoxy groups -OCH3 is 1. The molecule has 2 amide bonds. The molecule has 0 saturated carbocycles. The molecule has 1 aliphatic rings. The molecule has 196 valence electrons. The summed E-state index contributed by atoms with van der Waals surface area (Å²) >= 11 is 1.67. The van der Waals surface area contributed by atoms with Gasteiger partial charge in [0.1, 0.15) is 6.54 Å². The molecule has 0 fully saturated rings. The number of rotatable bonds is 8. The third-order valence-corrected chi connectivity index (χ3v) is 7.50. The highest BCUT2D eigenvalue weighted by Crippen LogP contribution is 2.38. The summed E-state index contributed by atoms with van der Waals surface area (Å²) in [5, 5.41) is 2.02. The predicted molar refractivity (Wildman–Crippen MR) is 137 cm³/mol. The first-order valence-corrected chi connectivity index (χ1v) is 12.9. The standard InChI is InChI=1S/C28H29F3N2O3S/c1-19-7-9-20(10-8-19)26-23-12-16-37-24(23)11-14-33(26)25(34)18-32(13-4-15-36-2)27(35)21-5-3-6-22(17-21)28(29,30)31/h3,5-10,12,16-17,26H,4,11,13-15,18H2,1-2H3. The number of aryl methyl sites for hydroxylation is 1. The summed E-state index contributed by atoms with van der Waals surface area (Å²) in [7, 11) is 1.53. The number of thiophene rings is 1. The van der Waals surface area contributed by atoms with Crippen molar-refractivity contribution in [2.24, 2.45) is 0 Å². The average Bonchev–Trinajstić information content (AvgIpc) is 3.36. The molecule has 1 unspecified atom stereocenters. The van der Waals surface area contributed by atoms with Gasteiger partial charge < -0.3 is 14.5 Å². The first-order chi connectivity index (χ1) is 17.7. The van der Waals surface area contributed by atoms with Crippen molar-refractivity contribution < 1.29 is 27.5 Å². The highest BCUT2D eigenvalue weighted by atomic mass is 32.1. The lowest BCUT2D eigenvalue weighted by Crippen LogP contribution is -2.47. The highest BCUT2D eigenvalue weighted by Gasteiger charge is 2.35. The Morgan fingerprint density at radius 2 is 1.89 bits per heavy atom. The van der Waals surface area contributed by atoms with Crippen molar-refractivity contribution in [3.63, 3.8) is 0 Å². The van der Waals surface area contributed by atoms with Gasteiger partial charge in [0.2, 0.25) is 5.91 Å². The molecule has 0 saturated heterocycles. The van der Waals surface area contributed by atoms with Crippen LogP contribution in [-0.2, 0) is 22.1 Å². The third kappa shape index (κ3) is 6.22. The minimum Gasteiger partial charge on any atom is -0.385 e. The van der Waals surface area contributed by atoms with E-state index in [4.69, 9.17) is 4.74 Å². The van der Waals surface area contributed by atoms with Crippen molar-refractivity contribution in [2.45, 2.75) is 32.0 Å². The normalized spacial score (nSPS) is 15.4. The topological polar surface area (TPSA) is 49.9 Å². The number of ether oxygens (including phenoxy) is 1. The number of carbonyl (C=O) groups excluding carboxylic acids is 2. The number of nitrogens with zero attached hydrogens (tertiary/aromatic N) is 2. The zero-order chi connectivity index (χ0) is 26.6. The second kappa shape index (κ2) is 11.5. The van der Waals surface area contributed by atoms with E-state index in [1.54, 1.807) is 16.2 Å². The van der Waals surface area contributed by atoms with Crippen LogP contribution in [0.1, 0.15) is 50.0 Å². The summed E-state index contributed by atoms with van der Waals surface area (Å²) in [6.45, 7) is 2.80. The maximum absolute atomic E-state index is 13.7. The monoisotopic (exact) mass is 530 g/mol. The molecule has 1 atom stereocenters. The van der Waals surface area contributed by atoms with Gasteiger partial charge in [0, 0.05) is 37.2 Å². The Bertz CT molecular complexity index is 1240. The molecular weight excluding hydrogens is 501 g/mol. The van der Waals surface area contributed by atoms with Gasteiger partial charge >= 0.3 is 6.18 Å². The summed E-state index contributed by atoms with van der Waals surface area (Å²) in [5.41, 5.74) is 2.16. The largest absolute Gasteiger partial charge is 0.416 e. The summed E-state index contributed by atoms with van der Waals surface area (Å²) in [5.74, 6) is -0.865. The second-order valence-corrected chi connectivity index (χ2v) is 10.1. The molecule has 0 N–H and O–H groups in total. The van der Waals surface area contributed by atoms with E-state index < -0.39 is 17.6 Å². The fourth-order valence-corrected chi connectivity index (χ4v) is 5.51. The van der Waals surface area contributed by atoms with Gasteiger partial charge in [-0.25, -0.2) is 0 Å². The number of halogens is 3. The van der Waals surface area contributed by atoms with Crippen LogP contribution in [0, 0.1) is 6.92 Å². The van der Waals surface area contributed by atoms with E-state index in [1.807, 2.05) is 42.6 Å². The number of amides is 2. The van der Waals surface area contributed by atoms with Gasteiger partial charge in [-0.3, -0.25) is 9.59 Å². The van der Waals surface area contributed by atoms with Crippen molar-refractivity contribution in [1.29, 1.82) is 0 Å². The van der Waals surface area contributed by atoms with Crippen molar-refractivity contribution in [1.82, 2.24) is 9.80 Å². The minimum atomic E-state index is -4.57. The van der Waals surface area contributed by atoms with Crippen LogP contribution in [0.15, 0.2) is 60.0 Å². The van der Waals surface area contributed by atoms with Gasteiger partial charge in [0.25, 0.3) is 5.91 Å². The molecule has 2 heterocycles. The number of hydrogen-bond donors (Lipinski definition) is 0. The summed E-state index contributed by atoms with van der Waals surface area (Å²) in [6, 6.07) is 14.1. The second-order valence-electron chi connectivity index (χ2n) is 9.10. The molecule has 0 spiro atoms. The molecule has 1 aliphatic heterocycles. The molecule has 9 heteroatoms. The lowest BCUT2D eigenvalue weighted by atomic mass is 9.92. The number of hydrogen-bond acceptors (Lipinski definition) is 4. The van der Waals surface area contributed by atoms with Crippen LogP contribution < -0.4 is 0 Å². The van der Waals surface area contributed by atoms with E-state index in [0.717, 1.165) is 28.8 Å². The Balaban J connectivity index is 1.61. The van der Waals surface area contributed by atoms with Crippen LogP contribution in [-0.4, -0.2) is 55.0 Å². The Kier molecular flexibility index (Phi) is 8.34. The van der Waals surface area contributed by atoms with Crippen LogP contribution in [0.4, 0.5) is 13.2 Å². The fraction of sp³-hybridized carbons (Fsp3) is 0.357. The van der Waals surface area contributed by atoms with E-state index >= 15 is 0 Å². The molecule has 0 radical (unpaired) electrons. The minimum absolute atomic E-state index is 0.103. The van der Waals surface area contributed by atoms with Crippen LogP contribution in [0.3, 0.4) is 0 Å². The van der Waals surface area contributed by atoms with Gasteiger partial charge in [-0.15, -0.1) is 11.3 Å². The van der Waals surface area contributed by atoms with E-state index in [2.05, 4.69) is 0 Å². The van der Waals surface area contributed by atoms with E-state index in [0.29, 0.717) is 26.0 Å². The van der Waals surface area contributed by atoms with Gasteiger partial charge in [-0.2, -0.15) is 13.2 Å². The zero-order valence-electron chi connectivity index (χ0n) is 20.8. The maximum Gasteiger partial charge on any atom is 0.416 e.